The molecule has 0 spiro atoms. The summed E-state index contributed by atoms with van der Waals surface area (Å²) in [5.74, 6) is 0.621. The molecule has 0 saturated heterocycles. The third-order valence-corrected chi connectivity index (χ3v) is 3.69. The summed E-state index contributed by atoms with van der Waals surface area (Å²) < 4.78 is 4.47. The SMILES string of the molecule is CN(Cc1nnsc1Cl)CC1CC(O)C1. The zero-order valence-corrected chi connectivity index (χ0v) is 10.1. The highest BCUT2D eigenvalue weighted by atomic mass is 35.5. The minimum absolute atomic E-state index is 0.0760. The molecule has 15 heavy (non-hydrogen) atoms. The van der Waals surface area contributed by atoms with Gasteiger partial charge in [0, 0.05) is 24.6 Å². The standard InChI is InChI=1S/C9H14ClN3OS/c1-13(4-6-2-7(14)3-6)5-8-9(10)15-12-11-8/h6-7,14H,2-5H2,1H3. The van der Waals surface area contributed by atoms with Crippen LogP contribution in [0.5, 0.6) is 0 Å². The molecule has 1 aromatic heterocycles. The van der Waals surface area contributed by atoms with Crippen LogP contribution in [0.4, 0.5) is 0 Å². The maximum Gasteiger partial charge on any atom is 0.138 e. The average molecular weight is 248 g/mol. The minimum atomic E-state index is -0.0760. The molecular weight excluding hydrogens is 234 g/mol. The smallest absolute Gasteiger partial charge is 0.138 e. The number of halogens is 1. The van der Waals surface area contributed by atoms with Crippen LogP contribution in [0, 0.1) is 5.92 Å². The van der Waals surface area contributed by atoms with Crippen LogP contribution in [0.2, 0.25) is 4.34 Å². The second-order valence-electron chi connectivity index (χ2n) is 4.18. The fraction of sp³-hybridized carbons (Fsp3) is 0.778. The van der Waals surface area contributed by atoms with Gasteiger partial charge in [0.1, 0.15) is 10.0 Å². The molecule has 1 aliphatic carbocycles. The lowest BCUT2D eigenvalue weighted by atomic mass is 9.82. The Hall–Kier alpha value is -0.230. The van der Waals surface area contributed by atoms with Gasteiger partial charge in [-0.1, -0.05) is 16.1 Å². The highest BCUT2D eigenvalue weighted by Gasteiger charge is 2.28. The molecule has 6 heteroatoms. The lowest BCUT2D eigenvalue weighted by Crippen LogP contribution is -2.36. The van der Waals surface area contributed by atoms with E-state index in [-0.39, 0.29) is 6.10 Å². The van der Waals surface area contributed by atoms with Gasteiger partial charge in [0.2, 0.25) is 0 Å². The zero-order valence-electron chi connectivity index (χ0n) is 8.56. The molecule has 1 aliphatic rings. The first-order valence-electron chi connectivity index (χ1n) is 4.98. The first kappa shape index (κ1) is 11.3. The summed E-state index contributed by atoms with van der Waals surface area (Å²) in [6.07, 6.45) is 1.77. The largest absolute Gasteiger partial charge is 0.393 e. The molecule has 2 rings (SSSR count). The second-order valence-corrected chi connectivity index (χ2v) is 5.54. The number of nitrogens with zero attached hydrogens (tertiary/aromatic N) is 3. The molecule has 0 atom stereocenters. The highest BCUT2D eigenvalue weighted by Crippen LogP contribution is 2.28. The van der Waals surface area contributed by atoms with Crippen molar-refractivity contribution < 1.29 is 5.11 Å². The topological polar surface area (TPSA) is 49.2 Å². The molecule has 0 radical (unpaired) electrons. The maximum atomic E-state index is 9.17. The minimum Gasteiger partial charge on any atom is -0.393 e. The summed E-state index contributed by atoms with van der Waals surface area (Å²) in [5.41, 5.74) is 0.851. The van der Waals surface area contributed by atoms with E-state index in [0.717, 1.165) is 31.6 Å². The second kappa shape index (κ2) is 4.74. The van der Waals surface area contributed by atoms with Crippen LogP contribution < -0.4 is 0 Å². The van der Waals surface area contributed by atoms with E-state index in [1.165, 1.54) is 11.5 Å². The van der Waals surface area contributed by atoms with E-state index in [1.54, 1.807) is 0 Å². The van der Waals surface area contributed by atoms with E-state index in [1.807, 2.05) is 7.05 Å². The zero-order chi connectivity index (χ0) is 10.8. The fourth-order valence-corrected chi connectivity index (χ4v) is 2.51. The molecule has 1 saturated carbocycles. The maximum absolute atomic E-state index is 9.17. The van der Waals surface area contributed by atoms with Crippen LogP contribution in [-0.2, 0) is 6.54 Å². The van der Waals surface area contributed by atoms with Crippen LogP contribution in [0.15, 0.2) is 0 Å². The summed E-state index contributed by atoms with van der Waals surface area (Å²) in [5, 5.41) is 13.1. The first-order valence-corrected chi connectivity index (χ1v) is 6.13. The van der Waals surface area contributed by atoms with Gasteiger partial charge in [0.15, 0.2) is 0 Å². The lowest BCUT2D eigenvalue weighted by Gasteiger charge is -2.34. The van der Waals surface area contributed by atoms with E-state index in [2.05, 4.69) is 14.5 Å². The molecular formula is C9H14ClN3OS. The van der Waals surface area contributed by atoms with Gasteiger partial charge in [0.25, 0.3) is 0 Å². The van der Waals surface area contributed by atoms with E-state index < -0.39 is 0 Å². The van der Waals surface area contributed by atoms with Crippen molar-refractivity contribution in [3.63, 3.8) is 0 Å². The van der Waals surface area contributed by atoms with Crippen molar-refractivity contribution in [1.29, 1.82) is 0 Å². The van der Waals surface area contributed by atoms with Crippen molar-refractivity contribution in [1.82, 2.24) is 14.5 Å². The van der Waals surface area contributed by atoms with Crippen LogP contribution in [0.1, 0.15) is 18.5 Å². The molecule has 84 valence electrons. The number of aromatic nitrogens is 2. The van der Waals surface area contributed by atoms with Crippen LogP contribution >= 0.6 is 23.1 Å². The van der Waals surface area contributed by atoms with Gasteiger partial charge in [-0.25, -0.2) is 0 Å². The molecule has 4 nitrogen and oxygen atoms in total. The number of hydrogen-bond acceptors (Lipinski definition) is 5. The molecule has 0 unspecified atom stereocenters. The lowest BCUT2D eigenvalue weighted by molar-refractivity contribution is 0.0272. The molecule has 1 aromatic rings. The third-order valence-electron chi connectivity index (χ3n) is 2.71. The molecule has 1 fully saturated rings. The van der Waals surface area contributed by atoms with E-state index in [4.69, 9.17) is 11.6 Å². The Morgan fingerprint density at radius 2 is 2.33 bits per heavy atom. The highest BCUT2D eigenvalue weighted by molar-refractivity contribution is 7.10. The Balaban J connectivity index is 1.77. The van der Waals surface area contributed by atoms with Gasteiger partial charge in [0.05, 0.1) is 6.10 Å². The molecule has 0 aromatic carbocycles. The van der Waals surface area contributed by atoms with Gasteiger partial charge in [-0.05, 0) is 25.8 Å². The van der Waals surface area contributed by atoms with Crippen molar-refractivity contribution in [2.75, 3.05) is 13.6 Å². The number of hydrogen-bond donors (Lipinski definition) is 1. The van der Waals surface area contributed by atoms with Crippen molar-refractivity contribution in [2.24, 2.45) is 5.92 Å². The summed E-state index contributed by atoms with van der Waals surface area (Å²) in [7, 11) is 2.04. The van der Waals surface area contributed by atoms with Crippen molar-refractivity contribution in [2.45, 2.75) is 25.5 Å². The summed E-state index contributed by atoms with van der Waals surface area (Å²) >= 11 is 7.14. The Morgan fingerprint density at radius 3 is 2.87 bits per heavy atom. The summed E-state index contributed by atoms with van der Waals surface area (Å²) in [6.45, 7) is 1.73. The molecule has 1 heterocycles. The van der Waals surface area contributed by atoms with Gasteiger partial charge in [-0.15, -0.1) is 5.10 Å². The Bertz CT molecular complexity index is 327. The molecule has 0 bridgehead atoms. The molecule has 1 N–H and O–H groups in total. The van der Waals surface area contributed by atoms with Crippen molar-refractivity contribution in [3.05, 3.63) is 10.0 Å². The van der Waals surface area contributed by atoms with Gasteiger partial charge < -0.3 is 10.0 Å². The van der Waals surface area contributed by atoms with Crippen molar-refractivity contribution in [3.8, 4) is 0 Å². The fourth-order valence-electron chi connectivity index (χ4n) is 1.90. The normalized spacial score (nSPS) is 25.6. The Kier molecular flexibility index (Phi) is 3.56. The van der Waals surface area contributed by atoms with E-state index in [0.29, 0.717) is 10.3 Å². The van der Waals surface area contributed by atoms with Crippen LogP contribution in [-0.4, -0.2) is 39.3 Å². The summed E-state index contributed by atoms with van der Waals surface area (Å²) in [4.78, 5) is 2.18. The van der Waals surface area contributed by atoms with Crippen LogP contribution in [0.25, 0.3) is 0 Å². The summed E-state index contributed by atoms with van der Waals surface area (Å²) in [6, 6.07) is 0. The van der Waals surface area contributed by atoms with E-state index in [9.17, 15) is 5.11 Å². The van der Waals surface area contributed by atoms with Gasteiger partial charge in [-0.2, -0.15) is 0 Å². The third kappa shape index (κ3) is 2.87. The number of rotatable bonds is 4. The monoisotopic (exact) mass is 247 g/mol. The van der Waals surface area contributed by atoms with Crippen LogP contribution in [0.3, 0.4) is 0 Å². The predicted molar refractivity (Wildman–Crippen MR) is 60.0 cm³/mol. The quantitative estimate of drug-likeness (QED) is 0.874. The number of aliphatic hydroxyl groups excluding tert-OH is 1. The first-order chi connectivity index (χ1) is 7.15. The Labute approximate surface area is 98.0 Å². The number of aliphatic hydroxyl groups is 1. The van der Waals surface area contributed by atoms with Gasteiger partial charge in [-0.3, -0.25) is 0 Å². The molecule has 0 amide bonds. The Morgan fingerprint density at radius 1 is 1.60 bits per heavy atom. The average Bonchev–Trinajstić information content (AvgIpc) is 2.49. The predicted octanol–water partition coefficient (Wildman–Crippen LogP) is 1.39. The van der Waals surface area contributed by atoms with Crippen molar-refractivity contribution >= 4 is 23.1 Å². The van der Waals surface area contributed by atoms with E-state index >= 15 is 0 Å². The van der Waals surface area contributed by atoms with Gasteiger partial charge >= 0.3 is 0 Å². The molecule has 0 aliphatic heterocycles.